The van der Waals surface area contributed by atoms with Gasteiger partial charge in [-0.25, -0.2) is 0 Å². The molecule has 0 aromatic heterocycles. The van der Waals surface area contributed by atoms with Gasteiger partial charge in [-0.15, -0.1) is 0 Å². The second-order valence-electron chi connectivity index (χ2n) is 3.14. The molecule has 3 heteroatoms. The zero-order valence-corrected chi connectivity index (χ0v) is 6.13. The maximum atomic E-state index is 10.6. The Morgan fingerprint density at radius 3 is 2.60 bits per heavy atom. The van der Waals surface area contributed by atoms with E-state index >= 15 is 0 Å². The van der Waals surface area contributed by atoms with Gasteiger partial charge in [-0.1, -0.05) is 13.3 Å². The van der Waals surface area contributed by atoms with Crippen LogP contribution in [0.25, 0.3) is 0 Å². The van der Waals surface area contributed by atoms with Crippen LogP contribution in [0.3, 0.4) is 0 Å². The lowest BCUT2D eigenvalue weighted by molar-refractivity contribution is -0.144. The fourth-order valence-corrected chi connectivity index (χ4v) is 1.52. The molecule has 1 aliphatic carbocycles. The van der Waals surface area contributed by atoms with E-state index in [1.165, 1.54) is 0 Å². The Bertz CT molecular complexity index is 158. The number of nitrogens with two attached hydrogens (primary N) is 1. The highest BCUT2D eigenvalue weighted by Crippen LogP contribution is 2.33. The standard InChI is InChI=1S/C7H13NO2/c1-5-3-2-4-7(5,8)6(9)10/h5H,2-4,8H2,1H3,(H,9,10)/t5?,7-/m0/s1. The van der Waals surface area contributed by atoms with E-state index in [0.29, 0.717) is 6.42 Å². The first-order chi connectivity index (χ1) is 4.57. The van der Waals surface area contributed by atoms with E-state index in [4.69, 9.17) is 10.8 Å². The van der Waals surface area contributed by atoms with Crippen LogP contribution in [0.5, 0.6) is 0 Å². The van der Waals surface area contributed by atoms with Crippen molar-refractivity contribution in [3.8, 4) is 0 Å². The Hall–Kier alpha value is -0.570. The van der Waals surface area contributed by atoms with Gasteiger partial charge in [-0.3, -0.25) is 4.79 Å². The van der Waals surface area contributed by atoms with E-state index in [0.717, 1.165) is 12.8 Å². The largest absolute Gasteiger partial charge is 0.480 e. The van der Waals surface area contributed by atoms with Crippen molar-refractivity contribution >= 4 is 5.97 Å². The van der Waals surface area contributed by atoms with Crippen LogP contribution in [-0.4, -0.2) is 16.6 Å². The highest BCUT2D eigenvalue weighted by atomic mass is 16.4. The highest BCUT2D eigenvalue weighted by Gasteiger charge is 2.43. The maximum absolute atomic E-state index is 10.6. The Kier molecular flexibility index (Phi) is 1.68. The molecule has 1 unspecified atom stereocenters. The maximum Gasteiger partial charge on any atom is 0.323 e. The summed E-state index contributed by atoms with van der Waals surface area (Å²) in [7, 11) is 0. The third-order valence-corrected chi connectivity index (χ3v) is 2.51. The number of hydrogen-bond acceptors (Lipinski definition) is 2. The van der Waals surface area contributed by atoms with E-state index < -0.39 is 11.5 Å². The predicted molar refractivity (Wildman–Crippen MR) is 37.6 cm³/mol. The number of hydrogen-bond donors (Lipinski definition) is 2. The van der Waals surface area contributed by atoms with Crippen molar-refractivity contribution < 1.29 is 9.90 Å². The molecule has 3 N–H and O–H groups in total. The first kappa shape index (κ1) is 7.54. The van der Waals surface area contributed by atoms with Crippen LogP contribution >= 0.6 is 0 Å². The van der Waals surface area contributed by atoms with Gasteiger partial charge in [-0.05, 0) is 18.8 Å². The van der Waals surface area contributed by atoms with Crippen molar-refractivity contribution in [2.75, 3.05) is 0 Å². The number of carboxylic acids is 1. The summed E-state index contributed by atoms with van der Waals surface area (Å²) in [4.78, 5) is 10.6. The SMILES string of the molecule is CC1CCC[C@@]1(N)C(=O)O. The van der Waals surface area contributed by atoms with Crippen LogP contribution in [0.1, 0.15) is 26.2 Å². The molecule has 1 aliphatic rings. The lowest BCUT2D eigenvalue weighted by atomic mass is 9.90. The number of rotatable bonds is 1. The minimum Gasteiger partial charge on any atom is -0.480 e. The summed E-state index contributed by atoms with van der Waals surface area (Å²) < 4.78 is 0. The van der Waals surface area contributed by atoms with Crippen LogP contribution in [0.15, 0.2) is 0 Å². The molecule has 3 nitrogen and oxygen atoms in total. The molecule has 0 amide bonds. The van der Waals surface area contributed by atoms with E-state index in [2.05, 4.69) is 0 Å². The second-order valence-corrected chi connectivity index (χ2v) is 3.14. The molecule has 0 bridgehead atoms. The van der Waals surface area contributed by atoms with Crippen molar-refractivity contribution in [2.24, 2.45) is 11.7 Å². The molecule has 0 spiro atoms. The van der Waals surface area contributed by atoms with Gasteiger partial charge < -0.3 is 10.8 Å². The molecular weight excluding hydrogens is 130 g/mol. The van der Waals surface area contributed by atoms with Crippen molar-refractivity contribution in [1.29, 1.82) is 0 Å². The van der Waals surface area contributed by atoms with Gasteiger partial charge >= 0.3 is 5.97 Å². The van der Waals surface area contributed by atoms with E-state index in [-0.39, 0.29) is 5.92 Å². The molecule has 10 heavy (non-hydrogen) atoms. The average molecular weight is 143 g/mol. The highest BCUT2D eigenvalue weighted by molar-refractivity contribution is 5.79. The summed E-state index contributed by atoms with van der Waals surface area (Å²) in [5, 5.41) is 8.72. The molecule has 1 fully saturated rings. The van der Waals surface area contributed by atoms with Crippen LogP contribution in [0, 0.1) is 5.92 Å². The van der Waals surface area contributed by atoms with Gasteiger partial charge in [0, 0.05) is 0 Å². The smallest absolute Gasteiger partial charge is 0.323 e. The Morgan fingerprint density at radius 2 is 2.40 bits per heavy atom. The topological polar surface area (TPSA) is 63.3 Å². The van der Waals surface area contributed by atoms with Crippen molar-refractivity contribution in [3.63, 3.8) is 0 Å². The fraction of sp³-hybridized carbons (Fsp3) is 0.857. The fourth-order valence-electron chi connectivity index (χ4n) is 1.52. The summed E-state index contributed by atoms with van der Waals surface area (Å²) in [6.07, 6.45) is 2.52. The molecule has 0 radical (unpaired) electrons. The molecular formula is C7H13NO2. The van der Waals surface area contributed by atoms with E-state index in [1.54, 1.807) is 0 Å². The molecule has 0 heterocycles. The third kappa shape index (κ3) is 0.904. The minimum absolute atomic E-state index is 0.130. The Morgan fingerprint density at radius 1 is 1.80 bits per heavy atom. The predicted octanol–water partition coefficient (Wildman–Crippen LogP) is 0.588. The van der Waals surface area contributed by atoms with Gasteiger partial charge in [0.25, 0.3) is 0 Å². The monoisotopic (exact) mass is 143 g/mol. The second kappa shape index (κ2) is 2.23. The van der Waals surface area contributed by atoms with Gasteiger partial charge in [0.05, 0.1) is 0 Å². The Labute approximate surface area is 60.2 Å². The molecule has 1 saturated carbocycles. The quantitative estimate of drug-likeness (QED) is 0.564. The third-order valence-electron chi connectivity index (χ3n) is 2.51. The van der Waals surface area contributed by atoms with Gasteiger partial charge in [-0.2, -0.15) is 0 Å². The van der Waals surface area contributed by atoms with Crippen molar-refractivity contribution in [1.82, 2.24) is 0 Å². The first-order valence-corrected chi connectivity index (χ1v) is 3.59. The van der Waals surface area contributed by atoms with Gasteiger partial charge in [0.15, 0.2) is 0 Å². The molecule has 58 valence electrons. The van der Waals surface area contributed by atoms with E-state index in [1.807, 2.05) is 6.92 Å². The average Bonchev–Trinajstić information content (AvgIpc) is 2.15. The lowest BCUT2D eigenvalue weighted by Gasteiger charge is -2.22. The van der Waals surface area contributed by atoms with Crippen molar-refractivity contribution in [3.05, 3.63) is 0 Å². The lowest BCUT2D eigenvalue weighted by Crippen LogP contribution is -2.49. The van der Waals surface area contributed by atoms with E-state index in [9.17, 15) is 4.79 Å². The van der Waals surface area contributed by atoms with Crippen LogP contribution in [0.2, 0.25) is 0 Å². The number of carbonyl (C=O) groups is 1. The zero-order chi connectivity index (χ0) is 7.78. The normalized spacial score (nSPS) is 40.0. The summed E-state index contributed by atoms with van der Waals surface area (Å²) in [6.45, 7) is 1.90. The first-order valence-electron chi connectivity index (χ1n) is 3.59. The Balaban J connectivity index is 2.75. The summed E-state index contributed by atoms with van der Waals surface area (Å²) in [6, 6.07) is 0. The summed E-state index contributed by atoms with van der Waals surface area (Å²) >= 11 is 0. The zero-order valence-electron chi connectivity index (χ0n) is 6.13. The van der Waals surface area contributed by atoms with Crippen LogP contribution in [0.4, 0.5) is 0 Å². The van der Waals surface area contributed by atoms with Gasteiger partial charge in [0.2, 0.25) is 0 Å². The molecule has 1 rings (SSSR count). The number of carboxylic acid groups (broad SMARTS) is 1. The van der Waals surface area contributed by atoms with Crippen molar-refractivity contribution in [2.45, 2.75) is 31.7 Å². The van der Waals surface area contributed by atoms with Crippen LogP contribution in [-0.2, 0) is 4.79 Å². The van der Waals surface area contributed by atoms with Crippen LogP contribution < -0.4 is 5.73 Å². The number of aliphatic carboxylic acids is 1. The molecule has 0 saturated heterocycles. The minimum atomic E-state index is -0.931. The summed E-state index contributed by atoms with van der Waals surface area (Å²) in [5.74, 6) is -0.720. The molecule has 0 aliphatic heterocycles. The molecule has 0 aromatic rings. The van der Waals surface area contributed by atoms with Gasteiger partial charge in [0.1, 0.15) is 5.54 Å². The molecule has 2 atom stereocenters. The molecule has 0 aromatic carbocycles. The summed E-state index contributed by atoms with van der Waals surface area (Å²) in [5.41, 5.74) is 4.72.